The zero-order valence-corrected chi connectivity index (χ0v) is 16.4. The fourth-order valence-electron chi connectivity index (χ4n) is 3.08. The van der Waals surface area contributed by atoms with E-state index in [-0.39, 0.29) is 11.5 Å². The van der Waals surface area contributed by atoms with Crippen molar-refractivity contribution in [2.75, 3.05) is 11.9 Å². The second-order valence-electron chi connectivity index (χ2n) is 6.69. The lowest BCUT2D eigenvalue weighted by atomic mass is 10.1. The van der Waals surface area contributed by atoms with Gasteiger partial charge in [0.15, 0.2) is 11.2 Å². The number of aromatic amines is 1. The number of fused-ring (bicyclic) bond motifs is 1. The number of hydrogen-bond acceptors (Lipinski definition) is 6. The summed E-state index contributed by atoms with van der Waals surface area (Å²) in [6.45, 7) is 6.55. The van der Waals surface area contributed by atoms with Gasteiger partial charge in [-0.2, -0.15) is 4.98 Å². The van der Waals surface area contributed by atoms with E-state index in [0.717, 1.165) is 24.9 Å². The van der Waals surface area contributed by atoms with E-state index in [2.05, 4.69) is 40.2 Å². The van der Waals surface area contributed by atoms with Crippen LogP contribution >= 0.6 is 0 Å². The number of unbranched alkanes of at least 4 members (excludes halogenated alkanes) is 1. The molecule has 28 heavy (non-hydrogen) atoms. The third-order valence-electron chi connectivity index (χ3n) is 4.57. The van der Waals surface area contributed by atoms with Gasteiger partial charge in [-0.25, -0.2) is 4.98 Å². The maximum absolute atomic E-state index is 12.6. The van der Waals surface area contributed by atoms with Crippen LogP contribution in [0.5, 0.6) is 0 Å². The summed E-state index contributed by atoms with van der Waals surface area (Å²) in [5.41, 5.74) is 3.94. The lowest BCUT2D eigenvalue weighted by Gasteiger charge is -2.09. The second kappa shape index (κ2) is 8.69. The Morgan fingerprint density at radius 3 is 2.89 bits per heavy atom. The zero-order valence-electron chi connectivity index (χ0n) is 16.4. The lowest BCUT2D eigenvalue weighted by molar-refractivity contribution is -0.141. The SMILES string of the molecule is CCc1cc(Nc2nc3ncn(CCCCOC(C)=O)c3c(=O)[nH]2)ccc1C. The highest BCUT2D eigenvalue weighted by Gasteiger charge is 2.11. The van der Waals surface area contributed by atoms with Crippen LogP contribution in [0, 0.1) is 6.92 Å². The number of rotatable bonds is 8. The molecule has 1 aromatic carbocycles. The molecule has 8 nitrogen and oxygen atoms in total. The van der Waals surface area contributed by atoms with E-state index in [9.17, 15) is 9.59 Å². The predicted molar refractivity (Wildman–Crippen MR) is 108 cm³/mol. The molecular formula is C20H25N5O3. The highest BCUT2D eigenvalue weighted by atomic mass is 16.5. The van der Waals surface area contributed by atoms with Crippen LogP contribution in [0.25, 0.3) is 11.2 Å². The molecule has 0 aliphatic rings. The summed E-state index contributed by atoms with van der Waals surface area (Å²) in [6.07, 6.45) is 4.04. The summed E-state index contributed by atoms with van der Waals surface area (Å²) in [7, 11) is 0. The number of hydrogen-bond donors (Lipinski definition) is 2. The summed E-state index contributed by atoms with van der Waals surface area (Å²) in [6, 6.07) is 6.06. The Kier molecular flexibility index (Phi) is 6.08. The monoisotopic (exact) mass is 383 g/mol. The molecule has 148 valence electrons. The number of nitrogens with zero attached hydrogens (tertiary/aromatic N) is 3. The van der Waals surface area contributed by atoms with Crippen LogP contribution in [0.2, 0.25) is 0 Å². The van der Waals surface area contributed by atoms with Crippen molar-refractivity contribution in [1.82, 2.24) is 19.5 Å². The minimum atomic E-state index is -0.284. The standard InChI is InChI=1S/C20H25N5O3/c1-4-15-11-16(8-7-13(15)2)22-20-23-18-17(19(27)24-20)25(12-21-18)9-5-6-10-28-14(3)26/h7-8,11-12H,4-6,9-10H2,1-3H3,(H2,22,23,24,27). The molecule has 0 radical (unpaired) electrons. The highest BCUT2D eigenvalue weighted by Crippen LogP contribution is 2.19. The van der Waals surface area contributed by atoms with Crippen molar-refractivity contribution in [1.29, 1.82) is 0 Å². The van der Waals surface area contributed by atoms with Crippen molar-refractivity contribution in [3.8, 4) is 0 Å². The number of benzene rings is 1. The Balaban J connectivity index is 1.73. The summed E-state index contributed by atoms with van der Waals surface area (Å²) in [5.74, 6) is 0.0805. The molecule has 0 spiro atoms. The minimum Gasteiger partial charge on any atom is -0.466 e. The molecule has 0 atom stereocenters. The number of ether oxygens (including phenoxy) is 1. The van der Waals surface area contributed by atoms with Crippen LogP contribution in [0.15, 0.2) is 29.3 Å². The Labute approximate surface area is 163 Å². The van der Waals surface area contributed by atoms with Crippen molar-refractivity contribution < 1.29 is 9.53 Å². The van der Waals surface area contributed by atoms with Crippen LogP contribution in [-0.4, -0.2) is 32.1 Å². The predicted octanol–water partition coefficient (Wildman–Crippen LogP) is 3.08. The number of carbonyl (C=O) groups excluding carboxylic acids is 1. The molecule has 2 heterocycles. The third-order valence-corrected chi connectivity index (χ3v) is 4.57. The van der Waals surface area contributed by atoms with Gasteiger partial charge >= 0.3 is 5.97 Å². The van der Waals surface area contributed by atoms with Gasteiger partial charge in [-0.1, -0.05) is 13.0 Å². The van der Waals surface area contributed by atoms with Gasteiger partial charge in [-0.3, -0.25) is 14.6 Å². The lowest BCUT2D eigenvalue weighted by Crippen LogP contribution is -2.14. The fourth-order valence-corrected chi connectivity index (χ4v) is 3.08. The summed E-state index contributed by atoms with van der Waals surface area (Å²) in [4.78, 5) is 34.8. The molecule has 0 saturated heterocycles. The first kappa shape index (κ1) is 19.6. The molecule has 0 saturated carbocycles. The van der Waals surface area contributed by atoms with E-state index in [1.54, 1.807) is 10.9 Å². The fraction of sp³-hybridized carbons (Fsp3) is 0.400. The zero-order chi connectivity index (χ0) is 20.1. The van der Waals surface area contributed by atoms with Gasteiger partial charge < -0.3 is 14.6 Å². The molecule has 2 aromatic heterocycles. The van der Waals surface area contributed by atoms with E-state index in [1.165, 1.54) is 18.1 Å². The normalized spacial score (nSPS) is 11.0. The smallest absolute Gasteiger partial charge is 0.302 e. The average Bonchev–Trinajstić information content (AvgIpc) is 3.06. The van der Waals surface area contributed by atoms with Gasteiger partial charge in [-0.15, -0.1) is 0 Å². The second-order valence-corrected chi connectivity index (χ2v) is 6.69. The van der Waals surface area contributed by atoms with Gasteiger partial charge in [0.2, 0.25) is 5.95 Å². The number of aromatic nitrogens is 4. The molecule has 0 aliphatic carbocycles. The Hall–Kier alpha value is -3.16. The molecule has 2 N–H and O–H groups in total. The van der Waals surface area contributed by atoms with Crippen LogP contribution < -0.4 is 10.9 Å². The highest BCUT2D eigenvalue weighted by molar-refractivity contribution is 5.72. The number of aryl methyl sites for hydroxylation is 3. The number of anilines is 2. The topological polar surface area (TPSA) is 102 Å². The van der Waals surface area contributed by atoms with Crippen molar-refractivity contribution in [2.45, 2.75) is 46.6 Å². The first-order valence-electron chi connectivity index (χ1n) is 9.43. The molecule has 0 aliphatic heterocycles. The molecule has 0 bridgehead atoms. The van der Waals surface area contributed by atoms with Gasteiger partial charge in [0.25, 0.3) is 5.56 Å². The number of esters is 1. The van der Waals surface area contributed by atoms with Gasteiger partial charge in [0.05, 0.1) is 12.9 Å². The Bertz CT molecular complexity index is 1040. The van der Waals surface area contributed by atoms with E-state index in [0.29, 0.717) is 30.3 Å². The van der Waals surface area contributed by atoms with Gasteiger partial charge in [-0.05, 0) is 49.4 Å². The summed E-state index contributed by atoms with van der Waals surface area (Å²) in [5, 5.41) is 3.15. The largest absolute Gasteiger partial charge is 0.466 e. The number of H-pyrrole nitrogens is 1. The van der Waals surface area contributed by atoms with Crippen LogP contribution in [0.4, 0.5) is 11.6 Å². The molecular weight excluding hydrogens is 358 g/mol. The first-order chi connectivity index (χ1) is 13.5. The van der Waals surface area contributed by atoms with E-state index >= 15 is 0 Å². The quantitative estimate of drug-likeness (QED) is 0.458. The number of carbonyl (C=O) groups is 1. The summed E-state index contributed by atoms with van der Waals surface area (Å²) < 4.78 is 6.69. The number of nitrogens with one attached hydrogen (secondary N) is 2. The van der Waals surface area contributed by atoms with Crippen molar-refractivity contribution in [2.24, 2.45) is 0 Å². The van der Waals surface area contributed by atoms with Gasteiger partial charge in [0, 0.05) is 19.2 Å². The number of imidazole rings is 1. The van der Waals surface area contributed by atoms with Crippen LogP contribution in [0.3, 0.4) is 0 Å². The molecule has 3 rings (SSSR count). The minimum absolute atomic E-state index is 0.243. The van der Waals surface area contributed by atoms with E-state index < -0.39 is 0 Å². The Morgan fingerprint density at radius 2 is 2.14 bits per heavy atom. The van der Waals surface area contributed by atoms with Crippen LogP contribution in [0.1, 0.15) is 37.8 Å². The average molecular weight is 383 g/mol. The third kappa shape index (κ3) is 4.57. The molecule has 3 aromatic rings. The van der Waals surface area contributed by atoms with E-state index in [1.807, 2.05) is 12.1 Å². The molecule has 8 heteroatoms. The van der Waals surface area contributed by atoms with Crippen LogP contribution in [-0.2, 0) is 22.5 Å². The van der Waals surface area contributed by atoms with Crippen molar-refractivity contribution >= 4 is 28.8 Å². The van der Waals surface area contributed by atoms with Crippen molar-refractivity contribution in [3.05, 3.63) is 46.0 Å². The van der Waals surface area contributed by atoms with Crippen molar-refractivity contribution in [3.63, 3.8) is 0 Å². The molecule has 0 fully saturated rings. The first-order valence-corrected chi connectivity index (χ1v) is 9.43. The maximum atomic E-state index is 12.6. The Morgan fingerprint density at radius 1 is 1.32 bits per heavy atom. The summed E-state index contributed by atoms with van der Waals surface area (Å²) >= 11 is 0. The van der Waals surface area contributed by atoms with Gasteiger partial charge in [0.1, 0.15) is 0 Å². The molecule has 0 amide bonds. The molecule has 0 unspecified atom stereocenters. The van der Waals surface area contributed by atoms with E-state index in [4.69, 9.17) is 4.74 Å². The maximum Gasteiger partial charge on any atom is 0.302 e.